The number of halogens is 1. The van der Waals surface area contributed by atoms with Crippen LogP contribution in [0.5, 0.6) is 0 Å². The van der Waals surface area contributed by atoms with Gasteiger partial charge in [-0.25, -0.2) is 9.55 Å². The maximum atomic E-state index is 11.8. The average molecular weight is 403 g/mol. The molecule has 2 heterocycles. The van der Waals surface area contributed by atoms with Gasteiger partial charge in [0.25, 0.3) is 5.91 Å². The third-order valence-electron chi connectivity index (χ3n) is 2.58. The van der Waals surface area contributed by atoms with Crippen LogP contribution in [-0.4, -0.2) is 20.4 Å². The normalized spacial score (nSPS) is 10.3. The Morgan fingerprint density at radius 2 is 2.33 bits per heavy atom. The van der Waals surface area contributed by atoms with E-state index in [9.17, 15) is 20.1 Å². The molecule has 1 amide bonds. The van der Waals surface area contributed by atoms with Gasteiger partial charge in [-0.1, -0.05) is 0 Å². The maximum Gasteiger partial charge on any atom is 0.356 e. The SMILES string of the molecule is O=C(Cn1cnc(I)c1[N+](=O)[O-])NCc1ccc[n+]([O-])c1. The van der Waals surface area contributed by atoms with Crippen molar-refractivity contribution in [2.75, 3.05) is 0 Å². The smallest absolute Gasteiger partial charge is 0.356 e. The number of nitrogens with zero attached hydrogens (tertiary/aromatic N) is 4. The molecule has 2 aromatic rings. The van der Waals surface area contributed by atoms with Gasteiger partial charge < -0.3 is 20.6 Å². The molecule has 2 rings (SSSR count). The summed E-state index contributed by atoms with van der Waals surface area (Å²) in [4.78, 5) is 25.9. The van der Waals surface area contributed by atoms with Gasteiger partial charge in [-0.2, -0.15) is 4.73 Å². The van der Waals surface area contributed by atoms with E-state index in [0.717, 1.165) is 4.57 Å². The van der Waals surface area contributed by atoms with E-state index in [0.29, 0.717) is 10.3 Å². The molecule has 2 aromatic heterocycles. The highest BCUT2D eigenvalue weighted by Crippen LogP contribution is 2.18. The van der Waals surface area contributed by atoms with Gasteiger partial charge in [0.1, 0.15) is 0 Å². The lowest BCUT2D eigenvalue weighted by atomic mass is 10.3. The lowest BCUT2D eigenvalue weighted by Gasteiger charge is -2.04. The summed E-state index contributed by atoms with van der Waals surface area (Å²) >= 11 is 1.73. The minimum Gasteiger partial charge on any atom is -0.619 e. The summed E-state index contributed by atoms with van der Waals surface area (Å²) in [6, 6.07) is 3.26. The van der Waals surface area contributed by atoms with E-state index in [4.69, 9.17) is 0 Å². The highest BCUT2D eigenvalue weighted by molar-refractivity contribution is 14.1. The van der Waals surface area contributed by atoms with E-state index in [-0.39, 0.29) is 22.6 Å². The third kappa shape index (κ3) is 3.87. The number of carbonyl (C=O) groups is 1. The van der Waals surface area contributed by atoms with Crippen LogP contribution in [0.3, 0.4) is 0 Å². The lowest BCUT2D eigenvalue weighted by Crippen LogP contribution is -2.30. The molecule has 0 aliphatic heterocycles. The lowest BCUT2D eigenvalue weighted by molar-refractivity contribution is -0.605. The van der Waals surface area contributed by atoms with Gasteiger partial charge in [0, 0.05) is 18.2 Å². The highest BCUT2D eigenvalue weighted by Gasteiger charge is 2.21. The van der Waals surface area contributed by atoms with E-state index >= 15 is 0 Å². The van der Waals surface area contributed by atoms with Crippen molar-refractivity contribution in [3.05, 3.63) is 55.4 Å². The quantitative estimate of drug-likeness (QED) is 0.254. The second-order valence-corrected chi connectivity index (χ2v) is 5.11. The fourth-order valence-electron chi connectivity index (χ4n) is 1.66. The van der Waals surface area contributed by atoms with Crippen molar-refractivity contribution in [2.24, 2.45) is 0 Å². The molecule has 0 aliphatic carbocycles. The van der Waals surface area contributed by atoms with Crippen LogP contribution in [0.15, 0.2) is 30.9 Å². The van der Waals surface area contributed by atoms with Crippen molar-refractivity contribution in [2.45, 2.75) is 13.1 Å². The topological polar surface area (TPSA) is 117 Å². The molecular weight excluding hydrogens is 393 g/mol. The number of amides is 1. The summed E-state index contributed by atoms with van der Waals surface area (Å²) in [5, 5.41) is 24.5. The zero-order chi connectivity index (χ0) is 15.4. The molecule has 0 fully saturated rings. The van der Waals surface area contributed by atoms with Gasteiger partial charge in [0.15, 0.2) is 29.0 Å². The predicted molar refractivity (Wildman–Crippen MR) is 78.8 cm³/mol. The Hall–Kier alpha value is -2.24. The standard InChI is InChI=1S/C11H10IN5O4/c12-10-11(17(20)21)15(7-14-10)6-9(18)13-4-8-2-1-3-16(19)5-8/h1-3,5,7H,4,6H2,(H,13,18). The maximum absolute atomic E-state index is 11.8. The van der Waals surface area contributed by atoms with Crippen molar-refractivity contribution in [3.8, 4) is 0 Å². The number of nitrogens with one attached hydrogen (secondary N) is 1. The molecule has 0 unspecified atom stereocenters. The van der Waals surface area contributed by atoms with Crippen molar-refractivity contribution in [3.63, 3.8) is 0 Å². The number of hydrogen-bond donors (Lipinski definition) is 1. The Morgan fingerprint density at radius 3 is 3.00 bits per heavy atom. The molecule has 0 saturated carbocycles. The molecule has 0 atom stereocenters. The van der Waals surface area contributed by atoms with Crippen LogP contribution in [0, 0.1) is 19.0 Å². The molecule has 1 N–H and O–H groups in total. The molecule has 0 aromatic carbocycles. The van der Waals surface area contributed by atoms with E-state index in [1.165, 1.54) is 18.7 Å². The van der Waals surface area contributed by atoms with Crippen LogP contribution in [0.1, 0.15) is 5.56 Å². The van der Waals surface area contributed by atoms with Crippen LogP contribution in [0.4, 0.5) is 5.82 Å². The second-order valence-electron chi connectivity index (χ2n) is 4.09. The second kappa shape index (κ2) is 6.47. The van der Waals surface area contributed by atoms with E-state index in [1.807, 2.05) is 0 Å². The van der Waals surface area contributed by atoms with Crippen molar-refractivity contribution >= 4 is 34.3 Å². The predicted octanol–water partition coefficient (Wildman–Crippen LogP) is 0.346. The van der Waals surface area contributed by atoms with Crippen LogP contribution >= 0.6 is 22.6 Å². The largest absolute Gasteiger partial charge is 0.619 e. The number of aromatic nitrogens is 3. The zero-order valence-electron chi connectivity index (χ0n) is 10.6. The molecule has 0 spiro atoms. The molecule has 21 heavy (non-hydrogen) atoms. The molecule has 0 radical (unpaired) electrons. The molecular formula is C11H10IN5O4. The molecule has 0 bridgehead atoms. The molecule has 0 saturated heterocycles. The first-order valence-electron chi connectivity index (χ1n) is 5.77. The number of rotatable bonds is 5. The van der Waals surface area contributed by atoms with Crippen LogP contribution in [0.25, 0.3) is 0 Å². The summed E-state index contributed by atoms with van der Waals surface area (Å²) in [5.41, 5.74) is 0.635. The third-order valence-corrected chi connectivity index (χ3v) is 3.34. The number of imidazole rings is 1. The number of pyridine rings is 1. The number of carbonyl (C=O) groups excluding carboxylic acids is 1. The Labute approximate surface area is 132 Å². The highest BCUT2D eigenvalue weighted by atomic mass is 127. The minimum absolute atomic E-state index is 0.168. The number of nitro groups is 1. The van der Waals surface area contributed by atoms with Crippen molar-refractivity contribution in [1.82, 2.24) is 14.9 Å². The molecule has 0 aliphatic rings. The zero-order valence-corrected chi connectivity index (χ0v) is 12.8. The summed E-state index contributed by atoms with van der Waals surface area (Å²) in [6.45, 7) is -0.0436. The first-order valence-corrected chi connectivity index (χ1v) is 6.84. The Balaban J connectivity index is 1.98. The number of hydrogen-bond acceptors (Lipinski definition) is 5. The molecule has 9 nitrogen and oxygen atoms in total. The fraction of sp³-hybridized carbons (Fsp3) is 0.182. The first kappa shape index (κ1) is 15.2. The van der Waals surface area contributed by atoms with Crippen LogP contribution < -0.4 is 10.0 Å². The Kier molecular flexibility index (Phi) is 4.67. The molecule has 10 heteroatoms. The van der Waals surface area contributed by atoms with Crippen molar-refractivity contribution < 1.29 is 14.4 Å². The van der Waals surface area contributed by atoms with Gasteiger partial charge in [-0.15, -0.1) is 0 Å². The van der Waals surface area contributed by atoms with Gasteiger partial charge in [-0.3, -0.25) is 4.79 Å². The first-order chi connectivity index (χ1) is 9.97. The Bertz CT molecular complexity index is 687. The summed E-state index contributed by atoms with van der Waals surface area (Å²) in [5.74, 6) is -0.629. The molecule has 110 valence electrons. The fourth-order valence-corrected chi connectivity index (χ4v) is 2.30. The van der Waals surface area contributed by atoms with Crippen molar-refractivity contribution in [1.29, 1.82) is 0 Å². The van der Waals surface area contributed by atoms with Gasteiger partial charge in [0.05, 0.1) is 0 Å². The van der Waals surface area contributed by atoms with Crippen LogP contribution in [0.2, 0.25) is 0 Å². The Morgan fingerprint density at radius 1 is 1.57 bits per heavy atom. The van der Waals surface area contributed by atoms with Crippen LogP contribution in [-0.2, 0) is 17.9 Å². The average Bonchev–Trinajstić information content (AvgIpc) is 2.77. The van der Waals surface area contributed by atoms with E-state index < -0.39 is 10.8 Å². The monoisotopic (exact) mass is 403 g/mol. The van der Waals surface area contributed by atoms with E-state index in [2.05, 4.69) is 10.3 Å². The van der Waals surface area contributed by atoms with E-state index in [1.54, 1.807) is 34.7 Å². The van der Waals surface area contributed by atoms with Gasteiger partial charge in [-0.05, 0) is 33.6 Å². The van der Waals surface area contributed by atoms with Gasteiger partial charge >= 0.3 is 5.82 Å². The van der Waals surface area contributed by atoms with Gasteiger partial charge in [0.2, 0.25) is 0 Å². The minimum atomic E-state index is -0.584. The summed E-state index contributed by atoms with van der Waals surface area (Å²) in [7, 11) is 0. The summed E-state index contributed by atoms with van der Waals surface area (Å²) < 4.78 is 2.02. The summed E-state index contributed by atoms with van der Waals surface area (Å²) in [6.07, 6.45) is 3.92.